The van der Waals surface area contributed by atoms with Crippen molar-refractivity contribution >= 4 is 40.3 Å². The van der Waals surface area contributed by atoms with Crippen molar-refractivity contribution in [3.63, 3.8) is 0 Å². The molecule has 0 aliphatic rings. The SMILES string of the molecule is CCN(CCNC(=S)Nc1ccc(Cl)cc1)c1ccc(C)cc1. The molecule has 0 unspecified atom stereocenters. The van der Waals surface area contributed by atoms with E-state index in [1.54, 1.807) is 0 Å². The summed E-state index contributed by atoms with van der Waals surface area (Å²) in [7, 11) is 0. The lowest BCUT2D eigenvalue weighted by Gasteiger charge is -2.24. The average molecular weight is 348 g/mol. The number of benzene rings is 2. The van der Waals surface area contributed by atoms with Gasteiger partial charge in [0.1, 0.15) is 0 Å². The summed E-state index contributed by atoms with van der Waals surface area (Å²) in [6.07, 6.45) is 0. The Morgan fingerprint density at radius 1 is 1.09 bits per heavy atom. The molecule has 0 amide bonds. The molecule has 0 spiro atoms. The normalized spacial score (nSPS) is 10.2. The second kappa shape index (κ2) is 8.75. The van der Waals surface area contributed by atoms with Crippen LogP contribution < -0.4 is 15.5 Å². The first kappa shape index (κ1) is 17.6. The van der Waals surface area contributed by atoms with Gasteiger partial charge in [0, 0.05) is 36.0 Å². The summed E-state index contributed by atoms with van der Waals surface area (Å²) in [5.74, 6) is 0. The van der Waals surface area contributed by atoms with Crippen molar-refractivity contribution < 1.29 is 0 Å². The number of hydrogen-bond acceptors (Lipinski definition) is 2. The minimum Gasteiger partial charge on any atom is -0.370 e. The van der Waals surface area contributed by atoms with E-state index in [2.05, 4.69) is 53.6 Å². The molecular weight excluding hydrogens is 326 g/mol. The number of hydrogen-bond donors (Lipinski definition) is 2. The van der Waals surface area contributed by atoms with Gasteiger partial charge in [-0.25, -0.2) is 0 Å². The summed E-state index contributed by atoms with van der Waals surface area (Å²) in [6.45, 7) is 6.89. The first-order chi connectivity index (χ1) is 11.1. The van der Waals surface area contributed by atoms with Gasteiger partial charge in [0.25, 0.3) is 0 Å². The monoisotopic (exact) mass is 347 g/mol. The smallest absolute Gasteiger partial charge is 0.170 e. The predicted molar refractivity (Wildman–Crippen MR) is 105 cm³/mol. The quantitative estimate of drug-likeness (QED) is 0.754. The van der Waals surface area contributed by atoms with Crippen LogP contribution in [0.2, 0.25) is 5.02 Å². The van der Waals surface area contributed by atoms with Gasteiger partial charge in [0.15, 0.2) is 5.11 Å². The third-order valence-electron chi connectivity index (χ3n) is 3.55. The molecule has 0 radical (unpaired) electrons. The fraction of sp³-hybridized carbons (Fsp3) is 0.278. The van der Waals surface area contributed by atoms with E-state index in [4.69, 9.17) is 23.8 Å². The molecule has 2 rings (SSSR count). The Balaban J connectivity index is 1.79. The van der Waals surface area contributed by atoms with Gasteiger partial charge in [-0.3, -0.25) is 0 Å². The van der Waals surface area contributed by atoms with Crippen LogP contribution in [0.4, 0.5) is 11.4 Å². The molecule has 2 aromatic rings. The minimum atomic E-state index is 0.618. The maximum atomic E-state index is 5.87. The van der Waals surface area contributed by atoms with E-state index in [1.807, 2.05) is 24.3 Å². The molecule has 0 saturated carbocycles. The molecule has 0 aliphatic heterocycles. The van der Waals surface area contributed by atoms with Crippen molar-refractivity contribution in [2.75, 3.05) is 29.9 Å². The van der Waals surface area contributed by atoms with Crippen molar-refractivity contribution in [1.29, 1.82) is 0 Å². The highest BCUT2D eigenvalue weighted by molar-refractivity contribution is 7.80. The summed E-state index contributed by atoms with van der Waals surface area (Å²) in [6, 6.07) is 16.1. The van der Waals surface area contributed by atoms with Crippen molar-refractivity contribution in [2.24, 2.45) is 0 Å². The largest absolute Gasteiger partial charge is 0.370 e. The van der Waals surface area contributed by atoms with Crippen LogP contribution in [0, 0.1) is 6.92 Å². The average Bonchev–Trinajstić information content (AvgIpc) is 2.55. The Bertz CT molecular complexity index is 626. The van der Waals surface area contributed by atoms with Crippen molar-refractivity contribution in [1.82, 2.24) is 5.32 Å². The molecule has 2 aromatic carbocycles. The third-order valence-corrected chi connectivity index (χ3v) is 4.05. The molecular formula is C18H22ClN3S. The van der Waals surface area contributed by atoms with Crippen molar-refractivity contribution in [3.8, 4) is 0 Å². The molecule has 0 atom stereocenters. The lowest BCUT2D eigenvalue weighted by Crippen LogP contribution is -2.36. The van der Waals surface area contributed by atoms with Crippen LogP contribution in [0.1, 0.15) is 12.5 Å². The van der Waals surface area contributed by atoms with Crippen LogP contribution in [-0.4, -0.2) is 24.7 Å². The number of rotatable bonds is 6. The van der Waals surface area contributed by atoms with Crippen LogP contribution in [-0.2, 0) is 0 Å². The zero-order valence-corrected chi connectivity index (χ0v) is 15.0. The molecule has 0 fully saturated rings. The predicted octanol–water partition coefficient (Wildman–Crippen LogP) is 4.46. The third kappa shape index (κ3) is 5.73. The molecule has 0 bridgehead atoms. The fourth-order valence-electron chi connectivity index (χ4n) is 2.24. The number of halogens is 1. The first-order valence-electron chi connectivity index (χ1n) is 7.70. The maximum absolute atomic E-state index is 5.87. The standard InChI is InChI=1S/C18H22ClN3S/c1-3-22(17-10-4-14(2)5-11-17)13-12-20-18(23)21-16-8-6-15(19)7-9-16/h4-11H,3,12-13H2,1-2H3,(H2,20,21,23). The van der Waals surface area contributed by atoms with Gasteiger partial charge < -0.3 is 15.5 Å². The second-order valence-electron chi connectivity index (χ2n) is 5.30. The molecule has 2 N–H and O–H groups in total. The highest BCUT2D eigenvalue weighted by atomic mass is 35.5. The summed E-state index contributed by atoms with van der Waals surface area (Å²) < 4.78 is 0. The molecule has 23 heavy (non-hydrogen) atoms. The van der Waals surface area contributed by atoms with Gasteiger partial charge in [-0.05, 0) is 62.5 Å². The number of likely N-dealkylation sites (N-methyl/N-ethyl adjacent to an activating group) is 1. The molecule has 0 saturated heterocycles. The second-order valence-corrected chi connectivity index (χ2v) is 6.15. The Kier molecular flexibility index (Phi) is 6.68. The first-order valence-corrected chi connectivity index (χ1v) is 8.49. The van der Waals surface area contributed by atoms with Gasteiger partial charge in [-0.2, -0.15) is 0 Å². The minimum absolute atomic E-state index is 0.618. The van der Waals surface area contributed by atoms with E-state index >= 15 is 0 Å². The summed E-state index contributed by atoms with van der Waals surface area (Å²) in [5, 5.41) is 7.72. The van der Waals surface area contributed by atoms with Crippen LogP contribution in [0.25, 0.3) is 0 Å². The topological polar surface area (TPSA) is 27.3 Å². The lowest BCUT2D eigenvalue weighted by atomic mass is 10.2. The number of thiocarbonyl (C=S) groups is 1. The molecule has 122 valence electrons. The summed E-state index contributed by atoms with van der Waals surface area (Å²) >= 11 is 11.2. The lowest BCUT2D eigenvalue weighted by molar-refractivity contribution is 0.779. The van der Waals surface area contributed by atoms with E-state index in [9.17, 15) is 0 Å². The van der Waals surface area contributed by atoms with Crippen LogP contribution in [0.15, 0.2) is 48.5 Å². The Morgan fingerprint density at radius 3 is 2.35 bits per heavy atom. The van der Waals surface area contributed by atoms with E-state index in [0.29, 0.717) is 10.1 Å². The number of nitrogens with zero attached hydrogens (tertiary/aromatic N) is 1. The molecule has 0 aromatic heterocycles. The van der Waals surface area contributed by atoms with E-state index < -0.39 is 0 Å². The Labute approximate surface area is 148 Å². The Morgan fingerprint density at radius 2 is 1.74 bits per heavy atom. The zero-order valence-electron chi connectivity index (χ0n) is 13.5. The number of aryl methyl sites for hydroxylation is 1. The van der Waals surface area contributed by atoms with Gasteiger partial charge >= 0.3 is 0 Å². The maximum Gasteiger partial charge on any atom is 0.170 e. The van der Waals surface area contributed by atoms with Crippen LogP contribution in [0.3, 0.4) is 0 Å². The van der Waals surface area contributed by atoms with E-state index in [1.165, 1.54) is 11.3 Å². The van der Waals surface area contributed by atoms with Crippen LogP contribution in [0.5, 0.6) is 0 Å². The van der Waals surface area contributed by atoms with Gasteiger partial charge in [-0.15, -0.1) is 0 Å². The number of nitrogens with one attached hydrogen (secondary N) is 2. The van der Waals surface area contributed by atoms with Crippen molar-refractivity contribution in [2.45, 2.75) is 13.8 Å². The molecule has 0 heterocycles. The zero-order chi connectivity index (χ0) is 16.7. The van der Waals surface area contributed by atoms with Crippen LogP contribution >= 0.6 is 23.8 Å². The van der Waals surface area contributed by atoms with Gasteiger partial charge in [0.2, 0.25) is 0 Å². The van der Waals surface area contributed by atoms with Gasteiger partial charge in [-0.1, -0.05) is 29.3 Å². The highest BCUT2D eigenvalue weighted by Crippen LogP contribution is 2.14. The van der Waals surface area contributed by atoms with E-state index in [0.717, 1.165) is 25.3 Å². The molecule has 0 aliphatic carbocycles. The summed E-state index contributed by atoms with van der Waals surface area (Å²) in [5.41, 5.74) is 3.44. The van der Waals surface area contributed by atoms with E-state index in [-0.39, 0.29) is 0 Å². The molecule has 5 heteroatoms. The highest BCUT2D eigenvalue weighted by Gasteiger charge is 2.04. The summed E-state index contributed by atoms with van der Waals surface area (Å²) in [4.78, 5) is 2.32. The Hall–Kier alpha value is -1.78. The van der Waals surface area contributed by atoms with Crippen molar-refractivity contribution in [3.05, 3.63) is 59.1 Å². The fourth-order valence-corrected chi connectivity index (χ4v) is 2.58. The molecule has 3 nitrogen and oxygen atoms in total. The van der Waals surface area contributed by atoms with Gasteiger partial charge in [0.05, 0.1) is 0 Å². The number of anilines is 2.